The van der Waals surface area contributed by atoms with Gasteiger partial charge in [0.05, 0.1) is 11.4 Å². The molecule has 35 heavy (non-hydrogen) atoms. The number of hydrogen-bond acceptors (Lipinski definition) is 4. The quantitative estimate of drug-likeness (QED) is 0.273. The van der Waals surface area contributed by atoms with Crippen molar-refractivity contribution >= 4 is 38.8 Å². The lowest BCUT2D eigenvalue weighted by Gasteiger charge is -2.10. The van der Waals surface area contributed by atoms with E-state index in [1.165, 1.54) is 22.5 Å². The molecule has 0 unspecified atom stereocenters. The van der Waals surface area contributed by atoms with E-state index in [0.717, 1.165) is 50.3 Å². The average Bonchev–Trinajstić information content (AvgIpc) is 3.21. The Labute approximate surface area is 209 Å². The van der Waals surface area contributed by atoms with Crippen LogP contribution in [0.5, 0.6) is 0 Å². The molecule has 0 atom stereocenters. The van der Waals surface area contributed by atoms with E-state index in [0.29, 0.717) is 10.6 Å². The van der Waals surface area contributed by atoms with E-state index in [9.17, 15) is 4.79 Å². The van der Waals surface area contributed by atoms with Gasteiger partial charge in [0.15, 0.2) is 0 Å². The Kier molecular flexibility index (Phi) is 6.10. The van der Waals surface area contributed by atoms with Gasteiger partial charge in [-0.3, -0.25) is 4.79 Å². The van der Waals surface area contributed by atoms with Gasteiger partial charge in [-0.15, -0.1) is 11.3 Å². The summed E-state index contributed by atoms with van der Waals surface area (Å²) in [6.07, 6.45) is 0.831. The Hall–Kier alpha value is -3.96. The number of carbonyl (C=O) groups excluding carboxylic acids is 1. The molecule has 3 aromatic carbocycles. The summed E-state index contributed by atoms with van der Waals surface area (Å²) < 4.78 is 0. The van der Waals surface area contributed by atoms with Gasteiger partial charge in [0, 0.05) is 16.6 Å². The van der Waals surface area contributed by atoms with E-state index < -0.39 is 0 Å². The predicted molar refractivity (Wildman–Crippen MR) is 148 cm³/mol. The van der Waals surface area contributed by atoms with Crippen molar-refractivity contribution in [2.24, 2.45) is 0 Å². The maximum absolute atomic E-state index is 13.3. The number of aromatic nitrogens is 1. The molecule has 0 aliphatic heterocycles. The van der Waals surface area contributed by atoms with Crippen molar-refractivity contribution in [1.29, 1.82) is 0 Å². The number of benzene rings is 3. The topological polar surface area (TPSA) is 68.0 Å². The van der Waals surface area contributed by atoms with E-state index >= 15 is 0 Å². The van der Waals surface area contributed by atoms with Gasteiger partial charge in [0.2, 0.25) is 0 Å². The first-order valence-electron chi connectivity index (χ1n) is 11.7. The Morgan fingerprint density at radius 3 is 2.20 bits per heavy atom. The number of rotatable bonds is 5. The standard InChI is InChI=1S/C30H27N3OS/c1-4-20-7-5-6-8-24(20)32-29(34)28-27(31)26-23(21-13-9-18(2)10-14-21)17-25(33-30(26)35-28)22-15-11-19(3)12-16-22/h5-17H,4,31H2,1-3H3,(H,32,34). The lowest BCUT2D eigenvalue weighted by Crippen LogP contribution is -2.13. The van der Waals surface area contributed by atoms with Gasteiger partial charge in [-0.05, 0) is 49.1 Å². The highest BCUT2D eigenvalue weighted by molar-refractivity contribution is 7.21. The Bertz CT molecular complexity index is 1530. The Morgan fingerprint density at radius 1 is 0.914 bits per heavy atom. The zero-order chi connectivity index (χ0) is 24.5. The highest BCUT2D eigenvalue weighted by Gasteiger charge is 2.22. The third kappa shape index (κ3) is 4.43. The molecule has 0 spiro atoms. The summed E-state index contributed by atoms with van der Waals surface area (Å²) in [5.41, 5.74) is 15.3. The van der Waals surface area contributed by atoms with Crippen LogP contribution in [-0.2, 0) is 6.42 Å². The second-order valence-electron chi connectivity index (χ2n) is 8.78. The second-order valence-corrected chi connectivity index (χ2v) is 9.78. The number of hydrogen-bond donors (Lipinski definition) is 2. The van der Waals surface area contributed by atoms with Crippen molar-refractivity contribution < 1.29 is 4.79 Å². The summed E-state index contributed by atoms with van der Waals surface area (Å²) in [7, 11) is 0. The molecule has 1 amide bonds. The van der Waals surface area contributed by atoms with E-state index in [-0.39, 0.29) is 5.91 Å². The predicted octanol–water partition coefficient (Wildman–Crippen LogP) is 7.64. The smallest absolute Gasteiger partial charge is 0.267 e. The second kappa shape index (κ2) is 9.35. The van der Waals surface area contributed by atoms with Crippen LogP contribution < -0.4 is 11.1 Å². The summed E-state index contributed by atoms with van der Waals surface area (Å²) in [5.74, 6) is -0.210. The highest BCUT2D eigenvalue weighted by atomic mass is 32.1. The Balaban J connectivity index is 1.67. The first-order valence-corrected chi connectivity index (χ1v) is 12.5. The molecule has 0 fully saturated rings. The molecule has 0 radical (unpaired) electrons. The number of aryl methyl sites for hydroxylation is 3. The largest absolute Gasteiger partial charge is 0.397 e. The minimum absolute atomic E-state index is 0.210. The molecule has 2 heterocycles. The minimum atomic E-state index is -0.210. The average molecular weight is 478 g/mol. The minimum Gasteiger partial charge on any atom is -0.397 e. The molecule has 2 aromatic heterocycles. The number of anilines is 2. The fourth-order valence-corrected chi connectivity index (χ4v) is 5.27. The van der Waals surface area contributed by atoms with Crippen molar-refractivity contribution in [2.45, 2.75) is 27.2 Å². The normalized spacial score (nSPS) is 11.1. The summed E-state index contributed by atoms with van der Waals surface area (Å²) in [6.45, 7) is 6.21. The molecule has 0 aliphatic rings. The number of pyridine rings is 1. The summed E-state index contributed by atoms with van der Waals surface area (Å²) in [5, 5.41) is 3.89. The van der Waals surface area contributed by atoms with Gasteiger partial charge in [-0.1, -0.05) is 84.8 Å². The maximum atomic E-state index is 13.3. The molecule has 5 rings (SSSR count). The maximum Gasteiger partial charge on any atom is 0.267 e. The first-order chi connectivity index (χ1) is 16.9. The van der Waals surface area contributed by atoms with Crippen LogP contribution in [0, 0.1) is 13.8 Å². The molecule has 0 aliphatic carbocycles. The summed E-state index contributed by atoms with van der Waals surface area (Å²) in [6, 6.07) is 26.6. The molecule has 4 nitrogen and oxygen atoms in total. The zero-order valence-corrected chi connectivity index (χ0v) is 20.9. The van der Waals surface area contributed by atoms with Crippen LogP contribution in [0.2, 0.25) is 0 Å². The number of amides is 1. The summed E-state index contributed by atoms with van der Waals surface area (Å²) >= 11 is 1.34. The number of nitrogen functional groups attached to an aromatic ring is 1. The van der Waals surface area contributed by atoms with Crippen LogP contribution in [-0.4, -0.2) is 10.9 Å². The van der Waals surface area contributed by atoms with Gasteiger partial charge in [-0.25, -0.2) is 4.98 Å². The van der Waals surface area contributed by atoms with Crippen molar-refractivity contribution in [3.8, 4) is 22.4 Å². The van der Waals surface area contributed by atoms with E-state index in [1.807, 2.05) is 24.3 Å². The fourth-order valence-electron chi connectivity index (χ4n) is 4.25. The van der Waals surface area contributed by atoms with Gasteiger partial charge in [0.25, 0.3) is 5.91 Å². The Morgan fingerprint density at radius 2 is 1.54 bits per heavy atom. The van der Waals surface area contributed by atoms with E-state index in [1.54, 1.807) is 0 Å². The van der Waals surface area contributed by atoms with Gasteiger partial charge >= 0.3 is 0 Å². The number of nitrogens with zero attached hydrogens (tertiary/aromatic N) is 1. The molecule has 3 N–H and O–H groups in total. The third-order valence-electron chi connectivity index (χ3n) is 6.26. The van der Waals surface area contributed by atoms with Crippen molar-refractivity contribution in [3.63, 3.8) is 0 Å². The van der Waals surface area contributed by atoms with E-state index in [2.05, 4.69) is 80.7 Å². The van der Waals surface area contributed by atoms with Crippen LogP contribution in [0.25, 0.3) is 32.6 Å². The molecule has 0 saturated heterocycles. The van der Waals surface area contributed by atoms with Crippen LogP contribution in [0.1, 0.15) is 33.3 Å². The monoisotopic (exact) mass is 477 g/mol. The first kappa shape index (κ1) is 22.8. The number of nitrogens with two attached hydrogens (primary N) is 1. The van der Waals surface area contributed by atoms with Crippen molar-refractivity contribution in [2.75, 3.05) is 11.1 Å². The van der Waals surface area contributed by atoms with Crippen molar-refractivity contribution in [3.05, 3.63) is 100 Å². The number of carbonyl (C=O) groups is 1. The summed E-state index contributed by atoms with van der Waals surface area (Å²) in [4.78, 5) is 19.5. The van der Waals surface area contributed by atoms with Crippen molar-refractivity contribution in [1.82, 2.24) is 4.98 Å². The number of nitrogens with one attached hydrogen (secondary N) is 1. The fraction of sp³-hybridized carbons (Fsp3) is 0.133. The molecule has 174 valence electrons. The zero-order valence-electron chi connectivity index (χ0n) is 20.1. The molecule has 5 heteroatoms. The van der Waals surface area contributed by atoms with Gasteiger partial charge in [-0.2, -0.15) is 0 Å². The molecule has 5 aromatic rings. The number of para-hydroxylation sites is 1. The number of fused-ring (bicyclic) bond motifs is 1. The SMILES string of the molecule is CCc1ccccc1NC(=O)c1sc2nc(-c3ccc(C)cc3)cc(-c3ccc(C)cc3)c2c1N. The third-order valence-corrected chi connectivity index (χ3v) is 7.36. The van der Waals surface area contributed by atoms with Crippen LogP contribution in [0.3, 0.4) is 0 Å². The van der Waals surface area contributed by atoms with E-state index in [4.69, 9.17) is 10.7 Å². The lowest BCUT2D eigenvalue weighted by molar-refractivity contribution is 0.103. The number of thiophene rings is 1. The lowest BCUT2D eigenvalue weighted by atomic mass is 9.98. The molecule has 0 bridgehead atoms. The molecular formula is C30H27N3OS. The molecular weight excluding hydrogens is 450 g/mol. The van der Waals surface area contributed by atoms with Crippen LogP contribution in [0.15, 0.2) is 78.9 Å². The highest BCUT2D eigenvalue weighted by Crippen LogP contribution is 2.41. The molecule has 0 saturated carbocycles. The van der Waals surface area contributed by atoms with Gasteiger partial charge < -0.3 is 11.1 Å². The van der Waals surface area contributed by atoms with Crippen LogP contribution >= 0.6 is 11.3 Å². The van der Waals surface area contributed by atoms with Crippen LogP contribution in [0.4, 0.5) is 11.4 Å². The van der Waals surface area contributed by atoms with Gasteiger partial charge in [0.1, 0.15) is 9.71 Å².